The molecule has 0 bridgehead atoms. The number of pyridine rings is 1. The second kappa shape index (κ2) is 5.10. The molecule has 20 heavy (non-hydrogen) atoms. The number of carbonyl (C=O) groups is 2. The van der Waals surface area contributed by atoms with E-state index in [1.807, 2.05) is 0 Å². The Morgan fingerprint density at radius 2 is 1.90 bits per heavy atom. The second-order valence-electron chi connectivity index (χ2n) is 4.21. The second-order valence-corrected chi connectivity index (χ2v) is 4.21. The summed E-state index contributed by atoms with van der Waals surface area (Å²) in [5, 5.41) is 0. The van der Waals surface area contributed by atoms with Gasteiger partial charge in [0.05, 0.1) is 5.56 Å². The summed E-state index contributed by atoms with van der Waals surface area (Å²) in [7, 11) is 0. The lowest BCUT2D eigenvalue weighted by Crippen LogP contribution is -2.40. The van der Waals surface area contributed by atoms with Crippen molar-refractivity contribution < 1.29 is 14.3 Å². The molecule has 1 aliphatic heterocycles. The van der Waals surface area contributed by atoms with E-state index in [2.05, 4.69) is 15.8 Å². The fraction of sp³-hybridized carbons (Fsp3) is 0.0714. The number of nitrogens with one attached hydrogen (secondary N) is 2. The highest BCUT2D eigenvalue weighted by molar-refractivity contribution is 5.95. The summed E-state index contributed by atoms with van der Waals surface area (Å²) in [6, 6.07) is 10.2. The van der Waals surface area contributed by atoms with Gasteiger partial charge in [0.1, 0.15) is 0 Å². The van der Waals surface area contributed by atoms with E-state index in [4.69, 9.17) is 4.74 Å². The third kappa shape index (κ3) is 2.24. The van der Waals surface area contributed by atoms with Gasteiger partial charge in [0, 0.05) is 23.5 Å². The van der Waals surface area contributed by atoms with E-state index in [1.165, 1.54) is 12.4 Å². The van der Waals surface area contributed by atoms with Crippen molar-refractivity contribution in [2.24, 2.45) is 0 Å². The Balaban J connectivity index is 1.69. The van der Waals surface area contributed by atoms with Crippen molar-refractivity contribution in [3.05, 3.63) is 65.5 Å². The largest absolute Gasteiger partial charge is 0.437 e. The summed E-state index contributed by atoms with van der Waals surface area (Å²) < 4.78 is 5.14. The summed E-state index contributed by atoms with van der Waals surface area (Å²) in [4.78, 5) is 27.3. The molecule has 100 valence electrons. The van der Waals surface area contributed by atoms with Crippen LogP contribution in [0.4, 0.5) is 0 Å². The molecule has 0 spiro atoms. The number of hydrogen-bond donors (Lipinski definition) is 2. The number of fused-ring (bicyclic) bond motifs is 1. The maximum Gasteiger partial charge on any atom is 0.340 e. The number of hydrazine groups is 1. The molecule has 0 saturated heterocycles. The molecule has 1 unspecified atom stereocenters. The maximum absolute atomic E-state index is 11.9. The topological polar surface area (TPSA) is 80.3 Å². The lowest BCUT2D eigenvalue weighted by Gasteiger charge is -2.13. The predicted octanol–water partition coefficient (Wildman–Crippen LogP) is 1.19. The first-order chi connectivity index (χ1) is 9.75. The number of carbonyl (C=O) groups excluding carboxylic acids is 2. The number of nitrogens with zero attached hydrogens (tertiary/aromatic N) is 1. The Hall–Kier alpha value is -2.73. The number of amides is 1. The van der Waals surface area contributed by atoms with E-state index in [1.54, 1.807) is 36.4 Å². The summed E-state index contributed by atoms with van der Waals surface area (Å²) in [6.07, 6.45) is 2.38. The molecule has 1 atom stereocenters. The summed E-state index contributed by atoms with van der Waals surface area (Å²) >= 11 is 0. The smallest absolute Gasteiger partial charge is 0.340 e. The fourth-order valence-electron chi connectivity index (χ4n) is 1.96. The van der Waals surface area contributed by atoms with E-state index in [0.717, 1.165) is 0 Å². The van der Waals surface area contributed by atoms with Crippen LogP contribution in [0.1, 0.15) is 32.5 Å². The van der Waals surface area contributed by atoms with Crippen LogP contribution in [-0.2, 0) is 4.74 Å². The Labute approximate surface area is 114 Å². The van der Waals surface area contributed by atoms with Crippen LogP contribution in [0, 0.1) is 0 Å². The summed E-state index contributed by atoms with van der Waals surface area (Å²) in [5.41, 5.74) is 6.88. The third-order valence-electron chi connectivity index (χ3n) is 2.95. The molecule has 2 N–H and O–H groups in total. The average molecular weight is 269 g/mol. The van der Waals surface area contributed by atoms with Gasteiger partial charge >= 0.3 is 5.97 Å². The van der Waals surface area contributed by atoms with Crippen LogP contribution in [0.3, 0.4) is 0 Å². The highest BCUT2D eigenvalue weighted by atomic mass is 16.6. The number of hydrogen-bond acceptors (Lipinski definition) is 5. The maximum atomic E-state index is 11.9. The van der Waals surface area contributed by atoms with Gasteiger partial charge in [-0.15, -0.1) is 0 Å². The molecule has 0 radical (unpaired) electrons. The standard InChI is InChI=1S/C14H11N3O3/c18-12(9-5-7-15-8-6-9)16-17-13-10-3-1-2-4-11(10)14(19)20-13/h1-8,13,17H,(H,16,18). The van der Waals surface area contributed by atoms with Crippen molar-refractivity contribution in [3.8, 4) is 0 Å². The van der Waals surface area contributed by atoms with Crippen LogP contribution in [0.15, 0.2) is 48.8 Å². The van der Waals surface area contributed by atoms with Crippen molar-refractivity contribution in [1.82, 2.24) is 15.8 Å². The van der Waals surface area contributed by atoms with Gasteiger partial charge in [-0.3, -0.25) is 15.2 Å². The molecule has 1 aromatic heterocycles. The lowest BCUT2D eigenvalue weighted by atomic mass is 10.1. The van der Waals surface area contributed by atoms with Gasteiger partial charge in [0.2, 0.25) is 0 Å². The molecular weight excluding hydrogens is 258 g/mol. The van der Waals surface area contributed by atoms with Gasteiger partial charge in [-0.2, -0.15) is 5.43 Å². The van der Waals surface area contributed by atoms with E-state index in [9.17, 15) is 9.59 Å². The van der Waals surface area contributed by atoms with E-state index in [0.29, 0.717) is 16.7 Å². The first-order valence-electron chi connectivity index (χ1n) is 6.01. The van der Waals surface area contributed by atoms with Crippen molar-refractivity contribution in [1.29, 1.82) is 0 Å². The van der Waals surface area contributed by atoms with E-state index >= 15 is 0 Å². The molecule has 1 amide bonds. The van der Waals surface area contributed by atoms with E-state index in [-0.39, 0.29) is 5.91 Å². The minimum Gasteiger partial charge on any atom is -0.437 e. The number of benzene rings is 1. The Morgan fingerprint density at radius 1 is 1.15 bits per heavy atom. The van der Waals surface area contributed by atoms with Gasteiger partial charge in [-0.25, -0.2) is 4.79 Å². The lowest BCUT2D eigenvalue weighted by molar-refractivity contribution is 0.0261. The molecule has 0 fully saturated rings. The van der Waals surface area contributed by atoms with Gasteiger partial charge in [0.25, 0.3) is 5.91 Å². The zero-order chi connectivity index (χ0) is 13.9. The Morgan fingerprint density at radius 3 is 2.70 bits per heavy atom. The molecular formula is C14H11N3O3. The molecule has 2 aromatic rings. The molecule has 6 heteroatoms. The van der Waals surface area contributed by atoms with Gasteiger partial charge in [0.15, 0.2) is 6.23 Å². The molecule has 2 heterocycles. The van der Waals surface area contributed by atoms with Gasteiger partial charge in [-0.05, 0) is 18.2 Å². The molecule has 3 rings (SSSR count). The van der Waals surface area contributed by atoms with Crippen LogP contribution >= 0.6 is 0 Å². The SMILES string of the molecule is O=C(NNC1OC(=O)c2ccccc21)c1ccncc1. The number of ether oxygens (including phenoxy) is 1. The third-order valence-corrected chi connectivity index (χ3v) is 2.95. The highest BCUT2D eigenvalue weighted by Gasteiger charge is 2.30. The highest BCUT2D eigenvalue weighted by Crippen LogP contribution is 2.27. The minimum absolute atomic E-state index is 0.326. The quantitative estimate of drug-likeness (QED) is 0.646. The molecule has 0 saturated carbocycles. The zero-order valence-electron chi connectivity index (χ0n) is 10.4. The van der Waals surface area contributed by atoms with Gasteiger partial charge < -0.3 is 4.74 Å². The normalized spacial score (nSPS) is 16.4. The number of cyclic esters (lactones) is 1. The number of rotatable bonds is 3. The predicted molar refractivity (Wildman–Crippen MR) is 69.4 cm³/mol. The summed E-state index contributed by atoms with van der Waals surface area (Å²) in [5.74, 6) is -0.732. The number of aromatic nitrogens is 1. The molecule has 6 nitrogen and oxygen atoms in total. The van der Waals surface area contributed by atoms with Crippen molar-refractivity contribution >= 4 is 11.9 Å². The Bertz CT molecular complexity index is 658. The van der Waals surface area contributed by atoms with Crippen LogP contribution in [-0.4, -0.2) is 16.9 Å². The molecule has 1 aliphatic rings. The van der Waals surface area contributed by atoms with Crippen LogP contribution in [0.2, 0.25) is 0 Å². The van der Waals surface area contributed by atoms with Crippen molar-refractivity contribution in [3.63, 3.8) is 0 Å². The van der Waals surface area contributed by atoms with Crippen molar-refractivity contribution in [2.75, 3.05) is 0 Å². The first-order valence-corrected chi connectivity index (χ1v) is 6.01. The fourth-order valence-corrected chi connectivity index (χ4v) is 1.96. The van der Waals surface area contributed by atoms with Crippen LogP contribution in [0.25, 0.3) is 0 Å². The molecule has 0 aliphatic carbocycles. The van der Waals surface area contributed by atoms with Crippen molar-refractivity contribution in [2.45, 2.75) is 6.23 Å². The molecule has 1 aromatic carbocycles. The summed E-state index contributed by atoms with van der Waals surface area (Å²) in [6.45, 7) is 0. The van der Waals surface area contributed by atoms with E-state index < -0.39 is 12.2 Å². The monoisotopic (exact) mass is 269 g/mol. The van der Waals surface area contributed by atoms with Gasteiger partial charge in [-0.1, -0.05) is 18.2 Å². The average Bonchev–Trinajstić information content (AvgIpc) is 2.83. The first kappa shape index (κ1) is 12.3. The Kier molecular flexibility index (Phi) is 3.14. The van der Waals surface area contributed by atoms with Crippen LogP contribution in [0.5, 0.6) is 0 Å². The number of esters is 1. The zero-order valence-corrected chi connectivity index (χ0v) is 10.4. The van der Waals surface area contributed by atoms with Crippen LogP contribution < -0.4 is 10.9 Å². The minimum atomic E-state index is -0.676.